The molecular formula is C19H13ClN2O3. The van der Waals surface area contributed by atoms with Crippen molar-refractivity contribution in [2.75, 3.05) is 12.4 Å². The quantitative estimate of drug-likeness (QED) is 0.736. The Balaban J connectivity index is 1.86. The van der Waals surface area contributed by atoms with Crippen LogP contribution in [0.25, 0.3) is 11.3 Å². The van der Waals surface area contributed by atoms with Crippen LogP contribution < -0.4 is 10.1 Å². The lowest BCUT2D eigenvalue weighted by Gasteiger charge is -2.03. The molecule has 1 aromatic heterocycles. The maximum Gasteiger partial charge on any atom is 0.258 e. The molecule has 0 radical (unpaired) electrons. The molecule has 3 rings (SSSR count). The number of methoxy groups -OCH3 is 1. The summed E-state index contributed by atoms with van der Waals surface area (Å²) >= 11 is 5.81. The Bertz CT molecular complexity index is 938. The molecule has 0 aliphatic rings. The second-order valence-electron chi connectivity index (χ2n) is 5.15. The average molecular weight is 353 g/mol. The number of carbonyl (C=O) groups is 1. The number of furan rings is 1. The topological polar surface area (TPSA) is 75.3 Å². The van der Waals surface area contributed by atoms with Crippen molar-refractivity contribution in [1.82, 2.24) is 0 Å². The van der Waals surface area contributed by atoms with Crippen molar-refractivity contribution < 1.29 is 13.9 Å². The lowest BCUT2D eigenvalue weighted by Crippen LogP contribution is -2.11. The van der Waals surface area contributed by atoms with Gasteiger partial charge in [-0.15, -0.1) is 0 Å². The van der Waals surface area contributed by atoms with E-state index in [0.29, 0.717) is 22.1 Å². The normalized spacial score (nSPS) is 10.1. The summed E-state index contributed by atoms with van der Waals surface area (Å²) in [5.74, 6) is 0.912. The van der Waals surface area contributed by atoms with Gasteiger partial charge in [0, 0.05) is 22.2 Å². The van der Waals surface area contributed by atoms with E-state index in [4.69, 9.17) is 20.8 Å². The van der Waals surface area contributed by atoms with Crippen molar-refractivity contribution >= 4 is 23.4 Å². The van der Waals surface area contributed by atoms with E-state index in [1.54, 1.807) is 49.6 Å². The van der Waals surface area contributed by atoms with Crippen LogP contribution in [0.3, 0.4) is 0 Å². The number of nitrogens with zero attached hydrogens (tertiary/aromatic N) is 1. The Morgan fingerprint density at radius 2 is 1.84 bits per heavy atom. The highest BCUT2D eigenvalue weighted by atomic mass is 35.5. The minimum Gasteiger partial charge on any atom is -0.497 e. The first-order valence-electron chi connectivity index (χ1n) is 7.36. The van der Waals surface area contributed by atoms with Gasteiger partial charge in [0.2, 0.25) is 5.88 Å². The van der Waals surface area contributed by atoms with E-state index in [0.717, 1.165) is 5.56 Å². The summed E-state index contributed by atoms with van der Waals surface area (Å²) in [5.41, 5.74) is 1.42. The zero-order valence-corrected chi connectivity index (χ0v) is 14.0. The number of rotatable bonds is 4. The van der Waals surface area contributed by atoms with Gasteiger partial charge in [0.1, 0.15) is 23.1 Å². The zero-order valence-electron chi connectivity index (χ0n) is 13.2. The summed E-state index contributed by atoms with van der Waals surface area (Å²) in [6.45, 7) is 0. The lowest BCUT2D eigenvalue weighted by atomic mass is 10.1. The van der Waals surface area contributed by atoms with Gasteiger partial charge in [-0.1, -0.05) is 11.6 Å². The van der Waals surface area contributed by atoms with Gasteiger partial charge in [-0.3, -0.25) is 10.1 Å². The molecule has 0 spiro atoms. The second kappa shape index (κ2) is 7.12. The fraction of sp³-hybridized carbons (Fsp3) is 0.0526. The molecule has 1 N–H and O–H groups in total. The molecule has 0 aliphatic heterocycles. The fourth-order valence-electron chi connectivity index (χ4n) is 2.24. The highest BCUT2D eigenvalue weighted by Crippen LogP contribution is 2.30. The maximum absolute atomic E-state index is 12.3. The third-order valence-electron chi connectivity index (χ3n) is 3.56. The summed E-state index contributed by atoms with van der Waals surface area (Å²) in [5, 5.41) is 12.4. The molecule has 0 saturated heterocycles. The Hall–Kier alpha value is -3.23. The van der Waals surface area contributed by atoms with Crippen LogP contribution in [0.1, 0.15) is 15.9 Å². The maximum atomic E-state index is 12.3. The van der Waals surface area contributed by atoms with Gasteiger partial charge in [-0.05, 0) is 48.5 Å². The summed E-state index contributed by atoms with van der Waals surface area (Å²) in [4.78, 5) is 12.3. The third kappa shape index (κ3) is 3.65. The number of anilines is 1. The standard InChI is InChI=1S/C19H13ClN2O3/c1-24-16-8-4-12(5-9-16)17-10-14(11-21)19(25-17)22-18(23)13-2-6-15(20)7-3-13/h2-10H,1H3,(H,22,23). The average Bonchev–Trinajstić information content (AvgIpc) is 3.05. The molecule has 0 unspecified atom stereocenters. The zero-order chi connectivity index (χ0) is 17.8. The smallest absolute Gasteiger partial charge is 0.258 e. The van der Waals surface area contributed by atoms with E-state index in [-0.39, 0.29) is 17.4 Å². The number of halogens is 1. The monoisotopic (exact) mass is 352 g/mol. The third-order valence-corrected chi connectivity index (χ3v) is 3.81. The number of amides is 1. The first-order chi connectivity index (χ1) is 12.1. The first kappa shape index (κ1) is 16.6. The Kier molecular flexibility index (Phi) is 4.73. The number of nitrogens with one attached hydrogen (secondary N) is 1. The Morgan fingerprint density at radius 3 is 2.44 bits per heavy atom. The number of nitriles is 1. The van der Waals surface area contributed by atoms with Crippen molar-refractivity contribution in [1.29, 1.82) is 5.26 Å². The van der Waals surface area contributed by atoms with Crippen LogP contribution >= 0.6 is 11.6 Å². The molecule has 6 heteroatoms. The number of hydrogen-bond donors (Lipinski definition) is 1. The van der Waals surface area contributed by atoms with E-state index in [1.807, 2.05) is 18.2 Å². The number of carbonyl (C=O) groups excluding carboxylic acids is 1. The molecule has 0 saturated carbocycles. The van der Waals surface area contributed by atoms with Crippen LogP contribution in [-0.4, -0.2) is 13.0 Å². The van der Waals surface area contributed by atoms with Gasteiger partial charge in [0.15, 0.2) is 0 Å². The molecule has 5 nitrogen and oxygen atoms in total. The predicted octanol–water partition coefficient (Wildman–Crippen LogP) is 4.73. The van der Waals surface area contributed by atoms with Crippen LogP contribution in [0.5, 0.6) is 5.75 Å². The second-order valence-corrected chi connectivity index (χ2v) is 5.59. The summed E-state index contributed by atoms with van der Waals surface area (Å²) in [7, 11) is 1.58. The molecule has 1 amide bonds. The Labute approximate surface area is 149 Å². The summed E-state index contributed by atoms with van der Waals surface area (Å²) < 4.78 is 10.8. The van der Waals surface area contributed by atoms with Crippen molar-refractivity contribution in [3.05, 3.63) is 70.7 Å². The van der Waals surface area contributed by atoms with E-state index in [1.165, 1.54) is 0 Å². The molecule has 0 fully saturated rings. The summed E-state index contributed by atoms with van der Waals surface area (Å²) in [6, 6.07) is 17.2. The van der Waals surface area contributed by atoms with Gasteiger partial charge < -0.3 is 9.15 Å². The van der Waals surface area contributed by atoms with E-state index < -0.39 is 0 Å². The molecule has 0 atom stereocenters. The largest absolute Gasteiger partial charge is 0.497 e. The highest BCUT2D eigenvalue weighted by Gasteiger charge is 2.16. The molecule has 3 aromatic rings. The minimum absolute atomic E-state index is 0.105. The van der Waals surface area contributed by atoms with Crippen molar-refractivity contribution in [3.63, 3.8) is 0 Å². The van der Waals surface area contributed by atoms with E-state index >= 15 is 0 Å². The van der Waals surface area contributed by atoms with Crippen LogP contribution in [0.4, 0.5) is 5.88 Å². The van der Waals surface area contributed by atoms with Gasteiger partial charge in [0.05, 0.1) is 7.11 Å². The number of hydrogen-bond acceptors (Lipinski definition) is 4. The molecule has 1 heterocycles. The number of benzene rings is 2. The first-order valence-corrected chi connectivity index (χ1v) is 7.74. The number of ether oxygens (including phenoxy) is 1. The van der Waals surface area contributed by atoms with Gasteiger partial charge in [-0.2, -0.15) is 5.26 Å². The Morgan fingerprint density at radius 1 is 1.16 bits per heavy atom. The van der Waals surface area contributed by atoms with E-state index in [9.17, 15) is 10.1 Å². The predicted molar refractivity (Wildman–Crippen MR) is 94.8 cm³/mol. The SMILES string of the molecule is COc1ccc(-c2cc(C#N)c(NC(=O)c3ccc(Cl)cc3)o2)cc1. The van der Waals surface area contributed by atoms with Gasteiger partial charge in [-0.25, -0.2) is 0 Å². The van der Waals surface area contributed by atoms with Gasteiger partial charge >= 0.3 is 0 Å². The van der Waals surface area contributed by atoms with Crippen LogP contribution in [-0.2, 0) is 0 Å². The molecular weight excluding hydrogens is 340 g/mol. The van der Waals surface area contributed by atoms with Crippen LogP contribution in [0.15, 0.2) is 59.0 Å². The van der Waals surface area contributed by atoms with Crippen molar-refractivity contribution in [3.8, 4) is 23.1 Å². The fourth-order valence-corrected chi connectivity index (χ4v) is 2.37. The van der Waals surface area contributed by atoms with Crippen molar-refractivity contribution in [2.24, 2.45) is 0 Å². The molecule has 2 aromatic carbocycles. The van der Waals surface area contributed by atoms with E-state index in [2.05, 4.69) is 5.32 Å². The molecule has 124 valence electrons. The van der Waals surface area contributed by atoms with Crippen LogP contribution in [0, 0.1) is 11.3 Å². The molecule has 0 bridgehead atoms. The molecule has 0 aliphatic carbocycles. The van der Waals surface area contributed by atoms with Crippen molar-refractivity contribution in [2.45, 2.75) is 0 Å². The summed E-state index contributed by atoms with van der Waals surface area (Å²) in [6.07, 6.45) is 0. The van der Waals surface area contributed by atoms with Crippen LogP contribution in [0.2, 0.25) is 5.02 Å². The highest BCUT2D eigenvalue weighted by molar-refractivity contribution is 6.30. The molecule has 25 heavy (non-hydrogen) atoms. The lowest BCUT2D eigenvalue weighted by molar-refractivity contribution is 0.102. The minimum atomic E-state index is -0.385. The van der Waals surface area contributed by atoms with Gasteiger partial charge in [0.25, 0.3) is 5.91 Å².